The summed E-state index contributed by atoms with van der Waals surface area (Å²) >= 11 is 0. The van der Waals surface area contributed by atoms with E-state index in [1.165, 1.54) is 6.07 Å². The molecule has 1 fully saturated rings. The number of nitrogens with one attached hydrogen (secondary N) is 1. The fraction of sp³-hybridized carbons (Fsp3) is 0.421. The molecule has 0 aliphatic carbocycles. The first-order valence-electron chi connectivity index (χ1n) is 9.00. The minimum absolute atomic E-state index is 0.0718. The number of pyridine rings is 1. The van der Waals surface area contributed by atoms with Gasteiger partial charge in [-0.15, -0.1) is 0 Å². The Morgan fingerprint density at radius 3 is 2.63 bits per heavy atom. The van der Waals surface area contributed by atoms with Crippen LogP contribution in [0.25, 0.3) is 0 Å². The second-order valence-corrected chi connectivity index (χ2v) is 8.46. The van der Waals surface area contributed by atoms with E-state index >= 15 is 0 Å². The minimum atomic E-state index is -3.69. The number of hydrogen-bond acceptors (Lipinski definition) is 6. The van der Waals surface area contributed by atoms with E-state index in [4.69, 9.17) is 14.2 Å². The molecule has 8 heteroatoms. The molecule has 2 aliphatic rings. The number of sulfonamides is 1. The molecule has 1 aromatic heterocycles. The third kappa shape index (κ3) is 4.23. The van der Waals surface area contributed by atoms with Crippen LogP contribution >= 0.6 is 0 Å². The van der Waals surface area contributed by atoms with E-state index in [1.807, 2.05) is 12.1 Å². The van der Waals surface area contributed by atoms with E-state index in [0.29, 0.717) is 37.9 Å². The second-order valence-electron chi connectivity index (χ2n) is 6.74. The molecule has 0 amide bonds. The molecular weight excluding hydrogens is 368 g/mol. The molecular formula is C19H22N2O5S. The molecule has 1 saturated heterocycles. The summed E-state index contributed by atoms with van der Waals surface area (Å²) in [5.41, 5.74) is 1.11. The Kier molecular flexibility index (Phi) is 5.29. The number of aromatic nitrogens is 1. The molecule has 2 aromatic rings. The van der Waals surface area contributed by atoms with Gasteiger partial charge in [0.25, 0.3) is 0 Å². The molecule has 0 radical (unpaired) electrons. The Morgan fingerprint density at radius 2 is 1.81 bits per heavy atom. The molecule has 2 atom stereocenters. The first-order valence-corrected chi connectivity index (χ1v) is 10.5. The Balaban J connectivity index is 1.50. The highest BCUT2D eigenvalue weighted by Crippen LogP contribution is 2.32. The third-order valence-corrected chi connectivity index (χ3v) is 6.27. The monoisotopic (exact) mass is 390 g/mol. The van der Waals surface area contributed by atoms with Gasteiger partial charge in [-0.1, -0.05) is 0 Å². The van der Waals surface area contributed by atoms with Gasteiger partial charge in [-0.2, -0.15) is 0 Å². The van der Waals surface area contributed by atoms with Gasteiger partial charge in [-0.05, 0) is 36.2 Å². The molecule has 0 unspecified atom stereocenters. The summed E-state index contributed by atoms with van der Waals surface area (Å²) in [6, 6.07) is 8.32. The van der Waals surface area contributed by atoms with Gasteiger partial charge in [0.2, 0.25) is 10.0 Å². The zero-order valence-corrected chi connectivity index (χ0v) is 15.7. The van der Waals surface area contributed by atoms with Gasteiger partial charge in [0, 0.05) is 30.8 Å². The van der Waals surface area contributed by atoms with Crippen LogP contribution in [-0.2, 0) is 21.2 Å². The Labute approximate surface area is 158 Å². The van der Waals surface area contributed by atoms with Crippen molar-refractivity contribution >= 4 is 10.0 Å². The van der Waals surface area contributed by atoms with Crippen LogP contribution in [0.1, 0.15) is 12.0 Å². The van der Waals surface area contributed by atoms with Gasteiger partial charge in [0.15, 0.2) is 11.5 Å². The Hall–Kier alpha value is -2.16. The van der Waals surface area contributed by atoms with E-state index in [-0.39, 0.29) is 16.9 Å². The van der Waals surface area contributed by atoms with E-state index in [0.717, 1.165) is 18.4 Å². The van der Waals surface area contributed by atoms with Crippen LogP contribution in [0, 0.1) is 5.92 Å². The standard InChI is InChI=1S/C19H22N2O5S/c22-27(23,16-2-3-18-19(11-16)26-9-1-8-25-18)21-17-13-24-12-15(17)10-14-4-6-20-7-5-14/h2-7,11,15,17,21H,1,8-10,12-13H2/t15-,17-/m1/s1. The van der Waals surface area contributed by atoms with Crippen molar-refractivity contribution in [2.24, 2.45) is 5.92 Å². The molecule has 1 aromatic carbocycles. The number of rotatable bonds is 5. The van der Waals surface area contributed by atoms with E-state index in [2.05, 4.69) is 9.71 Å². The molecule has 144 valence electrons. The number of nitrogens with zero attached hydrogens (tertiary/aromatic N) is 1. The normalized spacial score (nSPS) is 22.4. The SMILES string of the molecule is O=S(=O)(N[C@@H]1COC[C@H]1Cc1ccncc1)c1ccc2c(c1)OCCCO2. The first kappa shape index (κ1) is 18.2. The summed E-state index contributed by atoms with van der Waals surface area (Å²) in [5, 5.41) is 0. The van der Waals surface area contributed by atoms with Crippen LogP contribution in [0.5, 0.6) is 11.5 Å². The highest BCUT2D eigenvalue weighted by atomic mass is 32.2. The predicted octanol–water partition coefficient (Wildman–Crippen LogP) is 1.78. The summed E-state index contributed by atoms with van der Waals surface area (Å²) in [7, 11) is -3.69. The summed E-state index contributed by atoms with van der Waals surface area (Å²) in [6.07, 6.45) is 4.98. The van der Waals surface area contributed by atoms with Crippen LogP contribution in [0.3, 0.4) is 0 Å². The number of fused-ring (bicyclic) bond motifs is 1. The fourth-order valence-electron chi connectivity index (χ4n) is 3.33. The van der Waals surface area contributed by atoms with Crippen molar-refractivity contribution in [3.63, 3.8) is 0 Å². The zero-order chi connectivity index (χ0) is 18.7. The average molecular weight is 390 g/mol. The molecule has 1 N–H and O–H groups in total. The number of ether oxygens (including phenoxy) is 3. The van der Waals surface area contributed by atoms with Crippen LogP contribution in [0.15, 0.2) is 47.6 Å². The van der Waals surface area contributed by atoms with E-state index in [9.17, 15) is 8.42 Å². The van der Waals surface area contributed by atoms with Crippen LogP contribution < -0.4 is 14.2 Å². The van der Waals surface area contributed by atoms with Crippen molar-refractivity contribution in [3.8, 4) is 11.5 Å². The lowest BCUT2D eigenvalue weighted by Crippen LogP contribution is -2.40. The van der Waals surface area contributed by atoms with Crippen molar-refractivity contribution in [2.75, 3.05) is 26.4 Å². The van der Waals surface area contributed by atoms with E-state index in [1.54, 1.807) is 24.5 Å². The summed E-state index contributed by atoms with van der Waals surface area (Å²) < 4.78 is 45.3. The number of benzene rings is 1. The molecule has 0 bridgehead atoms. The molecule has 3 heterocycles. The molecule has 2 aliphatic heterocycles. The van der Waals surface area contributed by atoms with Crippen molar-refractivity contribution in [2.45, 2.75) is 23.8 Å². The Bertz CT molecular complexity index is 888. The lowest BCUT2D eigenvalue weighted by atomic mass is 9.96. The van der Waals surface area contributed by atoms with Crippen molar-refractivity contribution < 1.29 is 22.6 Å². The lowest BCUT2D eigenvalue weighted by molar-refractivity contribution is 0.183. The maximum atomic E-state index is 12.9. The summed E-state index contributed by atoms with van der Waals surface area (Å²) in [4.78, 5) is 4.18. The molecule has 4 rings (SSSR count). The third-order valence-electron chi connectivity index (χ3n) is 4.78. The predicted molar refractivity (Wildman–Crippen MR) is 98.4 cm³/mol. The molecule has 0 spiro atoms. The van der Waals surface area contributed by atoms with E-state index < -0.39 is 10.0 Å². The van der Waals surface area contributed by atoms with Crippen LogP contribution in [0.4, 0.5) is 0 Å². The number of hydrogen-bond donors (Lipinski definition) is 1. The van der Waals surface area contributed by atoms with Gasteiger partial charge in [0.1, 0.15) is 0 Å². The first-order chi connectivity index (χ1) is 13.1. The fourth-order valence-corrected chi connectivity index (χ4v) is 4.63. The van der Waals surface area contributed by atoms with Gasteiger partial charge < -0.3 is 14.2 Å². The maximum Gasteiger partial charge on any atom is 0.241 e. The summed E-state index contributed by atoms with van der Waals surface area (Å²) in [5.74, 6) is 1.11. The average Bonchev–Trinajstić information content (AvgIpc) is 2.95. The maximum absolute atomic E-state index is 12.9. The molecule has 27 heavy (non-hydrogen) atoms. The van der Waals surface area contributed by atoms with Gasteiger partial charge in [-0.3, -0.25) is 4.98 Å². The van der Waals surface area contributed by atoms with Crippen LogP contribution in [0.2, 0.25) is 0 Å². The Morgan fingerprint density at radius 1 is 1.04 bits per heavy atom. The van der Waals surface area contributed by atoms with Crippen molar-refractivity contribution in [1.29, 1.82) is 0 Å². The van der Waals surface area contributed by atoms with Crippen LogP contribution in [-0.4, -0.2) is 45.9 Å². The highest BCUT2D eigenvalue weighted by Gasteiger charge is 2.32. The lowest BCUT2D eigenvalue weighted by Gasteiger charge is -2.19. The largest absolute Gasteiger partial charge is 0.490 e. The second kappa shape index (κ2) is 7.84. The van der Waals surface area contributed by atoms with Crippen molar-refractivity contribution in [1.82, 2.24) is 9.71 Å². The highest BCUT2D eigenvalue weighted by molar-refractivity contribution is 7.89. The minimum Gasteiger partial charge on any atom is -0.490 e. The smallest absolute Gasteiger partial charge is 0.241 e. The van der Waals surface area contributed by atoms with Gasteiger partial charge >= 0.3 is 0 Å². The van der Waals surface area contributed by atoms with Gasteiger partial charge in [-0.25, -0.2) is 13.1 Å². The summed E-state index contributed by atoms with van der Waals surface area (Å²) in [6.45, 7) is 1.96. The quantitative estimate of drug-likeness (QED) is 0.838. The zero-order valence-electron chi connectivity index (χ0n) is 14.8. The molecule has 0 saturated carbocycles. The van der Waals surface area contributed by atoms with Gasteiger partial charge in [0.05, 0.1) is 37.4 Å². The van der Waals surface area contributed by atoms with Crippen molar-refractivity contribution in [3.05, 3.63) is 48.3 Å². The topological polar surface area (TPSA) is 86.8 Å². The molecule has 7 nitrogen and oxygen atoms in total.